The number of benzene rings is 11. The Morgan fingerprint density at radius 2 is 0.859 bits per heavy atom. The molecule has 0 saturated heterocycles. The number of hydrogen-bond donors (Lipinski definition) is 0. The first-order valence-corrected chi connectivity index (χ1v) is 21.9. The van der Waals surface area contributed by atoms with Crippen molar-refractivity contribution in [2.75, 3.05) is 0 Å². The molecular formula is C60H36N4. The molecule has 11 aromatic carbocycles. The summed E-state index contributed by atoms with van der Waals surface area (Å²) < 4.78 is 4.82. The summed E-state index contributed by atoms with van der Waals surface area (Å²) in [5, 5.41) is 15.9. The molecule has 64 heavy (non-hydrogen) atoms. The zero-order chi connectivity index (χ0) is 41.9. The van der Waals surface area contributed by atoms with Gasteiger partial charge in [0.15, 0.2) is 5.82 Å². The Bertz CT molecular complexity index is 4250. The lowest BCUT2D eigenvalue weighted by molar-refractivity contribution is 1.17. The summed E-state index contributed by atoms with van der Waals surface area (Å²) >= 11 is 0. The molecule has 0 aliphatic heterocycles. The third-order valence-corrected chi connectivity index (χ3v) is 13.4. The van der Waals surface area contributed by atoms with Gasteiger partial charge in [-0.25, -0.2) is 9.97 Å². The lowest BCUT2D eigenvalue weighted by Crippen LogP contribution is -1.97. The largest absolute Gasteiger partial charge is 0.309 e. The van der Waals surface area contributed by atoms with Crippen molar-refractivity contribution in [3.8, 4) is 34.0 Å². The van der Waals surface area contributed by atoms with E-state index in [9.17, 15) is 0 Å². The fourth-order valence-corrected chi connectivity index (χ4v) is 10.5. The smallest absolute Gasteiger partial charge is 0.160 e. The van der Waals surface area contributed by atoms with Gasteiger partial charge in [-0.15, -0.1) is 0 Å². The Kier molecular flexibility index (Phi) is 7.36. The van der Waals surface area contributed by atoms with E-state index in [-0.39, 0.29) is 0 Å². The molecule has 0 aliphatic rings. The first kappa shape index (κ1) is 35.0. The molecule has 4 nitrogen and oxygen atoms in total. The number of para-hydroxylation sites is 3. The molecule has 0 aliphatic carbocycles. The van der Waals surface area contributed by atoms with E-state index in [2.05, 4.69) is 228 Å². The van der Waals surface area contributed by atoms with Crippen LogP contribution in [0.25, 0.3) is 132 Å². The van der Waals surface area contributed by atoms with Gasteiger partial charge < -0.3 is 9.13 Å². The van der Waals surface area contributed by atoms with Crippen molar-refractivity contribution < 1.29 is 0 Å². The van der Waals surface area contributed by atoms with Crippen molar-refractivity contribution >= 4 is 97.6 Å². The van der Waals surface area contributed by atoms with Gasteiger partial charge in [0.05, 0.1) is 33.3 Å². The average Bonchev–Trinajstić information content (AvgIpc) is 3.87. The highest BCUT2D eigenvalue weighted by Gasteiger charge is 2.18. The first-order chi connectivity index (χ1) is 31.7. The topological polar surface area (TPSA) is 35.6 Å². The zero-order valence-corrected chi connectivity index (χ0v) is 34.6. The zero-order valence-electron chi connectivity index (χ0n) is 34.6. The lowest BCUT2D eigenvalue weighted by Gasteiger charge is -2.13. The molecule has 0 amide bonds. The predicted molar refractivity (Wildman–Crippen MR) is 269 cm³/mol. The maximum atomic E-state index is 5.31. The van der Waals surface area contributed by atoms with Gasteiger partial charge in [0, 0.05) is 49.4 Å². The van der Waals surface area contributed by atoms with Crippen molar-refractivity contribution in [2.24, 2.45) is 0 Å². The van der Waals surface area contributed by atoms with Crippen LogP contribution in [0.4, 0.5) is 0 Å². The summed E-state index contributed by atoms with van der Waals surface area (Å²) in [5.41, 5.74) is 10.9. The second-order valence-corrected chi connectivity index (χ2v) is 17.0. The Hall–Kier alpha value is -8.60. The molecule has 0 bridgehead atoms. The van der Waals surface area contributed by atoms with Crippen LogP contribution in [0.5, 0.6) is 0 Å². The van der Waals surface area contributed by atoms with E-state index in [0.717, 1.165) is 39.1 Å². The Morgan fingerprint density at radius 1 is 0.281 bits per heavy atom. The van der Waals surface area contributed by atoms with Crippen molar-refractivity contribution in [3.63, 3.8) is 0 Å². The van der Waals surface area contributed by atoms with Crippen LogP contribution >= 0.6 is 0 Å². The molecule has 0 atom stereocenters. The number of aromatic nitrogens is 4. The summed E-state index contributed by atoms with van der Waals surface area (Å²) in [4.78, 5) is 10.4. The lowest BCUT2D eigenvalue weighted by atomic mass is 9.97. The summed E-state index contributed by atoms with van der Waals surface area (Å²) in [6, 6.07) is 79.2. The van der Waals surface area contributed by atoms with E-state index < -0.39 is 0 Å². The molecule has 296 valence electrons. The van der Waals surface area contributed by atoms with Gasteiger partial charge >= 0.3 is 0 Å². The molecule has 3 heterocycles. The molecule has 0 unspecified atom stereocenters. The molecule has 14 rings (SSSR count). The average molecular weight is 813 g/mol. The van der Waals surface area contributed by atoms with Gasteiger partial charge in [0.2, 0.25) is 0 Å². The fourth-order valence-electron chi connectivity index (χ4n) is 10.5. The molecular weight excluding hydrogens is 777 g/mol. The number of rotatable bonds is 4. The van der Waals surface area contributed by atoms with Crippen LogP contribution in [-0.4, -0.2) is 19.1 Å². The minimum absolute atomic E-state index is 0.707. The summed E-state index contributed by atoms with van der Waals surface area (Å²) in [7, 11) is 0. The molecule has 4 heteroatoms. The summed E-state index contributed by atoms with van der Waals surface area (Å²) in [6.45, 7) is 0. The van der Waals surface area contributed by atoms with Gasteiger partial charge in [0.1, 0.15) is 0 Å². The van der Waals surface area contributed by atoms with Crippen molar-refractivity contribution in [3.05, 3.63) is 218 Å². The fraction of sp³-hybridized carbons (Fsp3) is 0. The van der Waals surface area contributed by atoms with Crippen LogP contribution in [0.2, 0.25) is 0 Å². The minimum Gasteiger partial charge on any atom is -0.309 e. The van der Waals surface area contributed by atoms with Crippen LogP contribution in [-0.2, 0) is 0 Å². The monoisotopic (exact) mass is 812 g/mol. The molecule has 0 saturated carbocycles. The van der Waals surface area contributed by atoms with E-state index in [1.807, 2.05) is 0 Å². The SMILES string of the molecule is c1ccc2c(c1)ccc1ccc(-c3nc(-c4ccc(-n5c6ccccc6c6cc7cc(-n8c9ccccc9c9c%10ccccc%10ccc98)ccc7cc65)cc4)nc4ccccc34)cc12. The van der Waals surface area contributed by atoms with E-state index in [4.69, 9.17) is 9.97 Å². The molecule has 0 spiro atoms. The first-order valence-electron chi connectivity index (χ1n) is 21.9. The quantitative estimate of drug-likeness (QED) is 0.166. The van der Waals surface area contributed by atoms with Crippen LogP contribution in [0.15, 0.2) is 218 Å². The summed E-state index contributed by atoms with van der Waals surface area (Å²) in [6.07, 6.45) is 0. The van der Waals surface area contributed by atoms with Crippen LogP contribution < -0.4 is 0 Å². The number of hydrogen-bond acceptors (Lipinski definition) is 2. The summed E-state index contributed by atoms with van der Waals surface area (Å²) in [5.74, 6) is 0.707. The minimum atomic E-state index is 0.707. The van der Waals surface area contributed by atoms with Crippen molar-refractivity contribution in [1.82, 2.24) is 19.1 Å². The maximum Gasteiger partial charge on any atom is 0.160 e. The van der Waals surface area contributed by atoms with Crippen LogP contribution in [0, 0.1) is 0 Å². The molecule has 0 N–H and O–H groups in total. The molecule has 3 aromatic heterocycles. The Labute approximate surface area is 367 Å². The van der Waals surface area contributed by atoms with E-state index in [0.29, 0.717) is 5.82 Å². The molecule has 0 radical (unpaired) electrons. The predicted octanol–water partition coefficient (Wildman–Crippen LogP) is 15.8. The highest BCUT2D eigenvalue weighted by atomic mass is 15.0. The Morgan fingerprint density at radius 3 is 1.69 bits per heavy atom. The maximum absolute atomic E-state index is 5.31. The standard InChI is InChI=1S/C60H36N4/c1-3-13-46-37(11-1)21-22-39-23-24-42(34-51(39)46)59-49-16-5-8-18-53(49)61-60(62-59)40-25-29-44(30-26-40)63-54-19-9-6-15-48(54)52-35-43-33-45(31-27-41(43)36-57(52)63)64-55-20-10-7-17-50(55)58-47-14-4-2-12-38(47)28-32-56(58)64/h1-36H. The van der Waals surface area contributed by atoms with Crippen molar-refractivity contribution in [1.29, 1.82) is 0 Å². The van der Waals surface area contributed by atoms with E-state index >= 15 is 0 Å². The third kappa shape index (κ3) is 5.17. The highest BCUT2D eigenvalue weighted by Crippen LogP contribution is 2.40. The van der Waals surface area contributed by atoms with Crippen LogP contribution in [0.3, 0.4) is 0 Å². The van der Waals surface area contributed by atoms with E-state index in [1.54, 1.807) is 0 Å². The highest BCUT2D eigenvalue weighted by molar-refractivity contribution is 6.21. The normalized spacial score (nSPS) is 12.1. The van der Waals surface area contributed by atoms with Gasteiger partial charge in [-0.1, -0.05) is 140 Å². The second-order valence-electron chi connectivity index (χ2n) is 17.0. The van der Waals surface area contributed by atoms with Crippen molar-refractivity contribution in [2.45, 2.75) is 0 Å². The van der Waals surface area contributed by atoms with Gasteiger partial charge in [-0.2, -0.15) is 0 Å². The number of fused-ring (bicyclic) bond motifs is 13. The van der Waals surface area contributed by atoms with E-state index in [1.165, 1.54) is 86.7 Å². The van der Waals surface area contributed by atoms with Gasteiger partial charge in [-0.3, -0.25) is 0 Å². The van der Waals surface area contributed by atoms with Gasteiger partial charge in [0.25, 0.3) is 0 Å². The second kappa shape index (κ2) is 13.4. The van der Waals surface area contributed by atoms with Gasteiger partial charge in [-0.05, 0) is 122 Å². The van der Waals surface area contributed by atoms with Crippen LogP contribution in [0.1, 0.15) is 0 Å². The molecule has 0 fully saturated rings. The number of nitrogens with zero attached hydrogens (tertiary/aromatic N) is 4. The Balaban J connectivity index is 0.891. The molecule has 14 aromatic rings. The third-order valence-electron chi connectivity index (χ3n) is 13.4.